The summed E-state index contributed by atoms with van der Waals surface area (Å²) >= 11 is 3.47. The smallest absolute Gasteiger partial charge is 0.190 e. The van der Waals surface area contributed by atoms with Crippen LogP contribution >= 0.6 is 23.1 Å². The molecule has 0 fully saturated rings. The average Bonchev–Trinajstić information content (AvgIpc) is 2.69. The summed E-state index contributed by atoms with van der Waals surface area (Å²) in [6.45, 7) is 4.40. The van der Waals surface area contributed by atoms with Gasteiger partial charge in [-0.25, -0.2) is 9.97 Å². The first-order valence-corrected chi connectivity index (χ1v) is 8.22. The van der Waals surface area contributed by atoms with E-state index in [4.69, 9.17) is 5.73 Å². The van der Waals surface area contributed by atoms with Gasteiger partial charge in [-0.15, -0.1) is 11.3 Å². The van der Waals surface area contributed by atoms with Crippen molar-refractivity contribution in [3.8, 4) is 0 Å². The molecule has 1 unspecified atom stereocenters. The number of thiophene rings is 1. The molecule has 0 saturated carbocycles. The molecular formula is C13H17N3S2. The zero-order valence-electron chi connectivity index (χ0n) is 10.7. The van der Waals surface area contributed by atoms with Crippen molar-refractivity contribution < 1.29 is 0 Å². The molecule has 2 heterocycles. The molecule has 96 valence electrons. The minimum atomic E-state index is 0.595. The predicted octanol–water partition coefficient (Wildman–Crippen LogP) is 3.83. The highest BCUT2D eigenvalue weighted by Gasteiger charge is 2.24. The molecule has 0 bridgehead atoms. The Labute approximate surface area is 115 Å². The van der Waals surface area contributed by atoms with Crippen LogP contribution in [0.15, 0.2) is 5.16 Å². The van der Waals surface area contributed by atoms with Crippen molar-refractivity contribution in [2.45, 2.75) is 44.2 Å². The number of nitrogen functional groups attached to an aromatic ring is 1. The number of anilines is 1. The van der Waals surface area contributed by atoms with Crippen LogP contribution in [0.1, 0.15) is 43.0 Å². The Morgan fingerprint density at radius 1 is 1.44 bits per heavy atom. The predicted molar refractivity (Wildman–Crippen MR) is 79.6 cm³/mol. The van der Waals surface area contributed by atoms with E-state index in [1.807, 2.05) is 11.3 Å². The van der Waals surface area contributed by atoms with Gasteiger partial charge in [-0.05, 0) is 36.5 Å². The van der Waals surface area contributed by atoms with Crippen LogP contribution in [0.3, 0.4) is 0 Å². The lowest BCUT2D eigenvalue weighted by atomic mass is 9.87. The number of hydrogen-bond acceptors (Lipinski definition) is 5. The maximum Gasteiger partial charge on any atom is 0.190 e. The summed E-state index contributed by atoms with van der Waals surface area (Å²) in [5.41, 5.74) is 7.58. The zero-order valence-corrected chi connectivity index (χ0v) is 12.3. The number of hydrogen-bond donors (Lipinski definition) is 1. The van der Waals surface area contributed by atoms with Crippen molar-refractivity contribution in [3.05, 3.63) is 10.4 Å². The molecule has 2 N–H and O–H groups in total. The van der Waals surface area contributed by atoms with Crippen molar-refractivity contribution in [1.82, 2.24) is 9.97 Å². The zero-order chi connectivity index (χ0) is 12.7. The molecule has 2 aromatic rings. The second kappa shape index (κ2) is 4.70. The Morgan fingerprint density at radius 2 is 2.28 bits per heavy atom. The number of thioether (sulfide) groups is 1. The molecule has 3 nitrogen and oxygen atoms in total. The van der Waals surface area contributed by atoms with E-state index in [0.29, 0.717) is 11.7 Å². The molecular weight excluding hydrogens is 262 g/mol. The van der Waals surface area contributed by atoms with Crippen molar-refractivity contribution in [3.63, 3.8) is 0 Å². The van der Waals surface area contributed by atoms with Gasteiger partial charge in [-0.2, -0.15) is 0 Å². The molecule has 5 heteroatoms. The lowest BCUT2D eigenvalue weighted by molar-refractivity contribution is 0.602. The molecule has 1 aliphatic rings. The van der Waals surface area contributed by atoms with Gasteiger partial charge < -0.3 is 5.73 Å². The van der Waals surface area contributed by atoms with E-state index < -0.39 is 0 Å². The lowest BCUT2D eigenvalue weighted by Crippen LogP contribution is -2.05. The topological polar surface area (TPSA) is 51.8 Å². The number of fused-ring (bicyclic) bond motifs is 3. The Balaban J connectivity index is 2.22. The summed E-state index contributed by atoms with van der Waals surface area (Å²) in [7, 11) is 0. The van der Waals surface area contributed by atoms with Crippen LogP contribution in [0, 0.1) is 0 Å². The second-order valence-electron chi connectivity index (χ2n) is 4.74. The van der Waals surface area contributed by atoms with Crippen molar-refractivity contribution in [2.24, 2.45) is 0 Å². The van der Waals surface area contributed by atoms with Gasteiger partial charge >= 0.3 is 0 Å². The molecule has 0 saturated heterocycles. The summed E-state index contributed by atoms with van der Waals surface area (Å²) < 4.78 is 0. The van der Waals surface area contributed by atoms with Crippen molar-refractivity contribution in [1.29, 1.82) is 0 Å². The highest BCUT2D eigenvalue weighted by molar-refractivity contribution is 7.99. The number of aromatic nitrogens is 2. The Kier molecular flexibility index (Phi) is 3.20. The van der Waals surface area contributed by atoms with Gasteiger partial charge in [0.25, 0.3) is 0 Å². The third-order valence-corrected chi connectivity index (χ3v) is 5.37. The fraction of sp³-hybridized carbons (Fsp3) is 0.538. The first-order chi connectivity index (χ1) is 8.70. The van der Waals surface area contributed by atoms with Gasteiger partial charge in [0.05, 0.1) is 5.39 Å². The monoisotopic (exact) mass is 279 g/mol. The van der Waals surface area contributed by atoms with Crippen LogP contribution in [-0.2, 0) is 6.42 Å². The Morgan fingerprint density at radius 3 is 3.06 bits per heavy atom. The quantitative estimate of drug-likeness (QED) is 0.670. The van der Waals surface area contributed by atoms with Gasteiger partial charge in [0, 0.05) is 4.88 Å². The van der Waals surface area contributed by atoms with Crippen molar-refractivity contribution in [2.75, 3.05) is 11.5 Å². The number of rotatable bonds is 2. The molecule has 0 radical (unpaired) electrons. The van der Waals surface area contributed by atoms with Crippen molar-refractivity contribution >= 4 is 39.1 Å². The third kappa shape index (κ3) is 1.89. The van der Waals surface area contributed by atoms with E-state index in [0.717, 1.165) is 21.1 Å². The molecule has 0 aliphatic heterocycles. The maximum absolute atomic E-state index is 6.16. The van der Waals surface area contributed by atoms with Gasteiger partial charge in [0.2, 0.25) is 0 Å². The molecule has 2 aromatic heterocycles. The molecule has 0 aromatic carbocycles. The Hall–Kier alpha value is -0.810. The van der Waals surface area contributed by atoms with Gasteiger partial charge in [-0.3, -0.25) is 0 Å². The lowest BCUT2D eigenvalue weighted by Gasteiger charge is -2.18. The number of nitrogens with zero attached hydrogens (tertiary/aromatic N) is 2. The highest BCUT2D eigenvalue weighted by atomic mass is 32.2. The van der Waals surface area contributed by atoms with E-state index >= 15 is 0 Å². The number of nitrogens with two attached hydrogens (primary N) is 1. The summed E-state index contributed by atoms with van der Waals surface area (Å²) in [5.74, 6) is 2.24. The summed E-state index contributed by atoms with van der Waals surface area (Å²) in [4.78, 5) is 11.7. The average molecular weight is 279 g/mol. The fourth-order valence-corrected chi connectivity index (χ4v) is 4.66. The summed E-state index contributed by atoms with van der Waals surface area (Å²) in [6.07, 6.45) is 3.71. The van der Waals surface area contributed by atoms with E-state index in [2.05, 4.69) is 23.8 Å². The Bertz CT molecular complexity index is 591. The standard InChI is InChI=1S/C13H17N3S2/c1-3-17-13-15-11(14)10-9-7(2)5-4-6-8(9)18-12(10)16-13/h7H,3-6H2,1-2H3,(H2,14,15,16). The van der Waals surface area contributed by atoms with Crippen LogP contribution in [-0.4, -0.2) is 15.7 Å². The molecule has 1 aliphatic carbocycles. The van der Waals surface area contributed by atoms with Gasteiger partial charge in [0.15, 0.2) is 5.16 Å². The second-order valence-corrected chi connectivity index (χ2v) is 7.05. The SMILES string of the molecule is CCSc1nc(N)c2c3c(sc2n1)CCCC3C. The fourth-order valence-electron chi connectivity index (χ4n) is 2.69. The normalized spacial score (nSPS) is 19.1. The molecule has 3 rings (SSSR count). The molecule has 1 atom stereocenters. The van der Waals surface area contributed by atoms with Crippen LogP contribution in [0.4, 0.5) is 5.82 Å². The first kappa shape index (κ1) is 12.2. The minimum Gasteiger partial charge on any atom is -0.383 e. The number of aryl methyl sites for hydroxylation is 1. The molecule has 0 amide bonds. The van der Waals surface area contributed by atoms with Gasteiger partial charge in [0.1, 0.15) is 10.6 Å². The maximum atomic E-state index is 6.16. The van der Waals surface area contributed by atoms with Crippen LogP contribution < -0.4 is 5.73 Å². The highest BCUT2D eigenvalue weighted by Crippen LogP contribution is 2.43. The van der Waals surface area contributed by atoms with Crippen LogP contribution in [0.25, 0.3) is 10.2 Å². The molecule has 18 heavy (non-hydrogen) atoms. The third-order valence-electron chi connectivity index (χ3n) is 3.48. The molecule has 0 spiro atoms. The first-order valence-electron chi connectivity index (χ1n) is 6.42. The van der Waals surface area contributed by atoms with E-state index in [1.54, 1.807) is 11.8 Å². The summed E-state index contributed by atoms with van der Waals surface area (Å²) in [6, 6.07) is 0. The largest absolute Gasteiger partial charge is 0.383 e. The van der Waals surface area contributed by atoms with Crippen LogP contribution in [0.5, 0.6) is 0 Å². The van der Waals surface area contributed by atoms with E-state index in [9.17, 15) is 0 Å². The van der Waals surface area contributed by atoms with E-state index in [-0.39, 0.29) is 0 Å². The van der Waals surface area contributed by atoms with E-state index in [1.165, 1.54) is 29.7 Å². The minimum absolute atomic E-state index is 0.595. The van der Waals surface area contributed by atoms with Gasteiger partial charge in [-0.1, -0.05) is 25.6 Å². The van der Waals surface area contributed by atoms with Crippen LogP contribution in [0.2, 0.25) is 0 Å². The summed E-state index contributed by atoms with van der Waals surface area (Å²) in [5, 5.41) is 1.94.